The van der Waals surface area contributed by atoms with Crippen LogP contribution < -0.4 is 5.32 Å². The average Bonchev–Trinajstić information content (AvgIpc) is 3.05. The van der Waals surface area contributed by atoms with Gasteiger partial charge in [0.1, 0.15) is 6.10 Å². The quantitative estimate of drug-likeness (QED) is 0.905. The first kappa shape index (κ1) is 14.4. The van der Waals surface area contributed by atoms with Crippen LogP contribution >= 0.6 is 0 Å². The molecule has 1 unspecified atom stereocenters. The monoisotopic (exact) mass is 312 g/mol. The van der Waals surface area contributed by atoms with Gasteiger partial charge in [-0.3, -0.25) is 4.79 Å². The molecular weight excluding hydrogens is 292 g/mol. The van der Waals surface area contributed by atoms with Crippen molar-refractivity contribution < 1.29 is 9.53 Å². The third-order valence-electron chi connectivity index (χ3n) is 4.51. The number of nitrogens with zero attached hydrogens (tertiary/aromatic N) is 3. The van der Waals surface area contributed by atoms with Crippen molar-refractivity contribution in [2.45, 2.75) is 19.3 Å². The predicted octanol–water partition coefficient (Wildman–Crippen LogP) is 1.20. The SMILES string of the molecule is O=C(c1ncn2c1COC(c1ccccc1)C2)N1CCNCC1. The van der Waals surface area contributed by atoms with Gasteiger partial charge in [0.2, 0.25) is 0 Å². The minimum atomic E-state index is 0.0139. The maximum Gasteiger partial charge on any atom is 0.274 e. The third kappa shape index (κ3) is 2.75. The lowest BCUT2D eigenvalue weighted by atomic mass is 10.1. The van der Waals surface area contributed by atoms with E-state index in [2.05, 4.69) is 27.0 Å². The van der Waals surface area contributed by atoms with E-state index in [1.165, 1.54) is 0 Å². The van der Waals surface area contributed by atoms with Crippen molar-refractivity contribution in [3.63, 3.8) is 0 Å². The summed E-state index contributed by atoms with van der Waals surface area (Å²) in [4.78, 5) is 18.9. The van der Waals surface area contributed by atoms with Crippen molar-refractivity contribution in [3.8, 4) is 0 Å². The van der Waals surface area contributed by atoms with Crippen molar-refractivity contribution in [2.24, 2.45) is 0 Å². The molecule has 1 amide bonds. The van der Waals surface area contributed by atoms with Gasteiger partial charge in [0.05, 0.1) is 25.2 Å². The largest absolute Gasteiger partial charge is 0.365 e. The topological polar surface area (TPSA) is 59.4 Å². The van der Waals surface area contributed by atoms with Crippen LogP contribution in [0.4, 0.5) is 0 Å². The molecule has 4 rings (SSSR count). The number of nitrogens with one attached hydrogen (secondary N) is 1. The first-order chi connectivity index (χ1) is 11.3. The van der Waals surface area contributed by atoms with Gasteiger partial charge in [-0.15, -0.1) is 0 Å². The highest BCUT2D eigenvalue weighted by Crippen LogP contribution is 2.28. The van der Waals surface area contributed by atoms with Gasteiger partial charge in [-0.05, 0) is 5.56 Å². The summed E-state index contributed by atoms with van der Waals surface area (Å²) in [6.45, 7) is 4.27. The molecule has 120 valence electrons. The molecule has 6 heteroatoms. The number of carbonyl (C=O) groups is 1. The number of aromatic nitrogens is 2. The molecule has 3 heterocycles. The maximum atomic E-state index is 12.7. The summed E-state index contributed by atoms with van der Waals surface area (Å²) in [5.74, 6) is 0.0158. The highest BCUT2D eigenvalue weighted by atomic mass is 16.5. The smallest absolute Gasteiger partial charge is 0.274 e. The van der Waals surface area contributed by atoms with Crippen molar-refractivity contribution in [1.82, 2.24) is 19.8 Å². The molecule has 2 aliphatic rings. The van der Waals surface area contributed by atoms with Crippen molar-refractivity contribution in [2.75, 3.05) is 26.2 Å². The van der Waals surface area contributed by atoms with Gasteiger partial charge < -0.3 is 19.5 Å². The molecule has 1 N–H and O–H groups in total. The molecular formula is C17H20N4O2. The van der Waals surface area contributed by atoms with Crippen LogP contribution in [-0.4, -0.2) is 46.5 Å². The van der Waals surface area contributed by atoms with Crippen LogP contribution in [0.25, 0.3) is 0 Å². The Balaban J connectivity index is 1.54. The summed E-state index contributed by atoms with van der Waals surface area (Å²) >= 11 is 0. The summed E-state index contributed by atoms with van der Waals surface area (Å²) in [6.07, 6.45) is 1.78. The second-order valence-corrected chi connectivity index (χ2v) is 5.94. The normalized spacial score (nSPS) is 21.0. The Bertz CT molecular complexity index is 692. The van der Waals surface area contributed by atoms with Crippen molar-refractivity contribution in [1.29, 1.82) is 0 Å². The second-order valence-electron chi connectivity index (χ2n) is 5.94. The molecule has 1 saturated heterocycles. The first-order valence-electron chi connectivity index (χ1n) is 8.03. The Morgan fingerprint density at radius 3 is 2.78 bits per heavy atom. The molecule has 23 heavy (non-hydrogen) atoms. The van der Waals surface area contributed by atoms with Gasteiger partial charge in [0, 0.05) is 26.2 Å². The average molecular weight is 312 g/mol. The van der Waals surface area contributed by atoms with Gasteiger partial charge in [-0.25, -0.2) is 4.98 Å². The van der Waals surface area contributed by atoms with E-state index in [9.17, 15) is 4.79 Å². The summed E-state index contributed by atoms with van der Waals surface area (Å²) in [5, 5.41) is 3.26. The van der Waals surface area contributed by atoms with Crippen molar-refractivity contribution in [3.05, 3.63) is 53.6 Å². The molecule has 1 aromatic heterocycles. The molecule has 1 aromatic carbocycles. The second kappa shape index (κ2) is 6.14. The molecule has 1 fully saturated rings. The Morgan fingerprint density at radius 2 is 2.00 bits per heavy atom. The van der Waals surface area contributed by atoms with Gasteiger partial charge in [0.25, 0.3) is 5.91 Å². The van der Waals surface area contributed by atoms with E-state index < -0.39 is 0 Å². The summed E-state index contributed by atoms with van der Waals surface area (Å²) < 4.78 is 8.04. The van der Waals surface area contributed by atoms with E-state index in [0.717, 1.165) is 37.4 Å². The van der Waals surface area contributed by atoms with Crippen LogP contribution in [-0.2, 0) is 17.9 Å². The molecule has 2 aromatic rings. The van der Waals surface area contributed by atoms with Crippen LogP contribution in [0, 0.1) is 0 Å². The van der Waals surface area contributed by atoms with E-state index in [1.807, 2.05) is 23.1 Å². The van der Waals surface area contributed by atoms with E-state index in [-0.39, 0.29) is 12.0 Å². The molecule has 0 radical (unpaired) electrons. The summed E-state index contributed by atoms with van der Waals surface area (Å²) in [6, 6.07) is 10.2. The lowest BCUT2D eigenvalue weighted by Crippen LogP contribution is -2.46. The van der Waals surface area contributed by atoms with E-state index in [0.29, 0.717) is 18.8 Å². The van der Waals surface area contributed by atoms with Crippen LogP contribution in [0.1, 0.15) is 27.8 Å². The number of ether oxygens (including phenoxy) is 1. The lowest BCUT2D eigenvalue weighted by Gasteiger charge is -2.28. The molecule has 0 bridgehead atoms. The van der Waals surface area contributed by atoms with Crippen molar-refractivity contribution >= 4 is 5.91 Å². The molecule has 0 saturated carbocycles. The fourth-order valence-corrected chi connectivity index (χ4v) is 3.19. The number of carbonyl (C=O) groups excluding carboxylic acids is 1. The fourth-order valence-electron chi connectivity index (χ4n) is 3.19. The number of amides is 1. The Kier molecular flexibility index (Phi) is 3.85. The predicted molar refractivity (Wildman–Crippen MR) is 85.0 cm³/mol. The highest BCUT2D eigenvalue weighted by molar-refractivity contribution is 5.93. The standard InChI is InChI=1S/C17H20N4O2/c22-17(20-8-6-18-7-9-20)16-14-11-23-15(10-21(14)12-19-16)13-4-2-1-3-5-13/h1-5,12,15,18H,6-11H2. The third-order valence-corrected chi connectivity index (χ3v) is 4.51. The number of piperazine rings is 1. The minimum absolute atomic E-state index is 0.0139. The molecule has 6 nitrogen and oxygen atoms in total. The zero-order valence-corrected chi connectivity index (χ0v) is 12.9. The highest BCUT2D eigenvalue weighted by Gasteiger charge is 2.28. The number of fused-ring (bicyclic) bond motifs is 1. The van der Waals surface area contributed by atoms with Gasteiger partial charge in [-0.1, -0.05) is 30.3 Å². The number of rotatable bonds is 2. The van der Waals surface area contributed by atoms with Gasteiger partial charge >= 0.3 is 0 Å². The Labute approximate surface area is 135 Å². The zero-order valence-electron chi connectivity index (χ0n) is 12.9. The van der Waals surface area contributed by atoms with Crippen LogP contribution in [0.2, 0.25) is 0 Å². The fraction of sp³-hybridized carbons (Fsp3) is 0.412. The summed E-state index contributed by atoms with van der Waals surface area (Å²) in [7, 11) is 0. The van der Waals surface area contributed by atoms with Crippen LogP contribution in [0.5, 0.6) is 0 Å². The molecule has 2 aliphatic heterocycles. The number of hydrogen-bond acceptors (Lipinski definition) is 4. The number of hydrogen-bond donors (Lipinski definition) is 1. The first-order valence-corrected chi connectivity index (χ1v) is 8.03. The van der Waals surface area contributed by atoms with Crippen LogP contribution in [0.15, 0.2) is 36.7 Å². The van der Waals surface area contributed by atoms with Gasteiger partial charge in [-0.2, -0.15) is 0 Å². The molecule has 0 aliphatic carbocycles. The van der Waals surface area contributed by atoms with E-state index in [4.69, 9.17) is 4.74 Å². The summed E-state index contributed by atoms with van der Waals surface area (Å²) in [5.41, 5.74) is 2.58. The van der Waals surface area contributed by atoms with E-state index in [1.54, 1.807) is 6.33 Å². The van der Waals surface area contributed by atoms with Gasteiger partial charge in [0.15, 0.2) is 5.69 Å². The minimum Gasteiger partial charge on any atom is -0.365 e. The number of benzene rings is 1. The van der Waals surface area contributed by atoms with E-state index >= 15 is 0 Å². The Morgan fingerprint density at radius 1 is 1.22 bits per heavy atom. The molecule has 1 atom stereocenters. The molecule has 0 spiro atoms. The zero-order chi connectivity index (χ0) is 15.6. The number of imidazole rings is 1. The van der Waals surface area contributed by atoms with Crippen LogP contribution in [0.3, 0.4) is 0 Å². The lowest BCUT2D eigenvalue weighted by molar-refractivity contribution is 0.00232. The Hall–Kier alpha value is -2.18. The maximum absolute atomic E-state index is 12.7.